The lowest BCUT2D eigenvalue weighted by molar-refractivity contribution is 0.132. The van der Waals surface area contributed by atoms with Gasteiger partial charge in [-0.1, -0.05) is 12.2 Å². The molecule has 0 saturated heterocycles. The molecule has 0 aliphatic heterocycles. The molecular weight excluding hydrogens is 270 g/mol. The molecule has 0 atom stereocenters. The first-order valence-electron chi connectivity index (χ1n) is 6.91. The Labute approximate surface area is 123 Å². The van der Waals surface area contributed by atoms with Crippen LogP contribution in [0.5, 0.6) is 0 Å². The van der Waals surface area contributed by atoms with E-state index in [1.54, 1.807) is 11.3 Å². The van der Waals surface area contributed by atoms with Gasteiger partial charge in [0.05, 0.1) is 6.61 Å². The fourth-order valence-corrected chi connectivity index (χ4v) is 2.69. The molecule has 2 aromatic heterocycles. The Morgan fingerprint density at radius 3 is 3.05 bits per heavy atom. The highest BCUT2D eigenvalue weighted by atomic mass is 32.1. The highest BCUT2D eigenvalue weighted by Crippen LogP contribution is 2.31. The van der Waals surface area contributed by atoms with Gasteiger partial charge < -0.3 is 14.1 Å². The Morgan fingerprint density at radius 1 is 1.40 bits per heavy atom. The molecule has 1 saturated carbocycles. The maximum atomic E-state index is 5.78. The molecule has 0 bridgehead atoms. The van der Waals surface area contributed by atoms with Crippen LogP contribution in [0.25, 0.3) is 6.08 Å². The van der Waals surface area contributed by atoms with Gasteiger partial charge in [-0.3, -0.25) is 0 Å². The van der Waals surface area contributed by atoms with Crippen molar-refractivity contribution in [1.29, 1.82) is 0 Å². The van der Waals surface area contributed by atoms with Crippen molar-refractivity contribution >= 4 is 23.3 Å². The van der Waals surface area contributed by atoms with E-state index >= 15 is 0 Å². The summed E-state index contributed by atoms with van der Waals surface area (Å²) in [4.78, 5) is 2.21. The summed E-state index contributed by atoms with van der Waals surface area (Å²) in [5, 5.41) is 4.18. The third kappa shape index (κ3) is 3.52. The number of nitrogens with zero attached hydrogens (tertiary/aromatic N) is 1. The minimum atomic E-state index is 0.520. The molecule has 0 spiro atoms. The van der Waals surface area contributed by atoms with Crippen LogP contribution in [0.3, 0.4) is 0 Å². The summed E-state index contributed by atoms with van der Waals surface area (Å²) >= 11 is 1.70. The number of hydrogen-bond acceptors (Lipinski definition) is 4. The SMILES string of the molecule is CN(c1ccc(COC/C=C/c2ccsc2)o1)C1CC1. The second-order valence-electron chi connectivity index (χ2n) is 5.06. The van der Waals surface area contributed by atoms with Gasteiger partial charge in [-0.15, -0.1) is 0 Å². The molecule has 20 heavy (non-hydrogen) atoms. The molecule has 2 aromatic rings. The van der Waals surface area contributed by atoms with Crippen LogP contribution in [-0.2, 0) is 11.3 Å². The van der Waals surface area contributed by atoms with E-state index in [1.807, 2.05) is 18.2 Å². The van der Waals surface area contributed by atoms with Crippen molar-refractivity contribution in [3.63, 3.8) is 0 Å². The smallest absolute Gasteiger partial charge is 0.195 e. The maximum absolute atomic E-state index is 5.78. The molecule has 106 valence electrons. The third-order valence-electron chi connectivity index (χ3n) is 3.40. The van der Waals surface area contributed by atoms with E-state index in [4.69, 9.17) is 9.15 Å². The molecule has 4 heteroatoms. The summed E-state index contributed by atoms with van der Waals surface area (Å²) < 4.78 is 11.4. The minimum Gasteiger partial charge on any atom is -0.443 e. The van der Waals surface area contributed by atoms with Crippen molar-refractivity contribution in [3.8, 4) is 0 Å². The van der Waals surface area contributed by atoms with Gasteiger partial charge in [0.2, 0.25) is 0 Å². The molecule has 0 amide bonds. The van der Waals surface area contributed by atoms with Crippen LogP contribution in [0.1, 0.15) is 24.2 Å². The van der Waals surface area contributed by atoms with E-state index in [9.17, 15) is 0 Å². The van der Waals surface area contributed by atoms with Crippen molar-refractivity contribution in [2.45, 2.75) is 25.5 Å². The largest absolute Gasteiger partial charge is 0.443 e. The minimum absolute atomic E-state index is 0.520. The van der Waals surface area contributed by atoms with E-state index in [1.165, 1.54) is 18.4 Å². The van der Waals surface area contributed by atoms with E-state index in [0.29, 0.717) is 19.3 Å². The molecule has 1 aliphatic carbocycles. The van der Waals surface area contributed by atoms with Crippen molar-refractivity contribution in [2.75, 3.05) is 18.6 Å². The molecule has 3 nitrogen and oxygen atoms in total. The molecule has 0 aromatic carbocycles. The first-order valence-corrected chi connectivity index (χ1v) is 7.85. The average Bonchev–Trinajstić information content (AvgIpc) is 2.98. The highest BCUT2D eigenvalue weighted by molar-refractivity contribution is 7.08. The number of thiophene rings is 1. The summed E-state index contributed by atoms with van der Waals surface area (Å²) in [7, 11) is 2.09. The predicted molar refractivity (Wildman–Crippen MR) is 83.1 cm³/mol. The van der Waals surface area contributed by atoms with E-state index in [2.05, 4.69) is 34.9 Å². The Morgan fingerprint density at radius 2 is 2.30 bits per heavy atom. The fraction of sp³-hybridized carbons (Fsp3) is 0.375. The number of rotatable bonds is 7. The topological polar surface area (TPSA) is 25.6 Å². The second kappa shape index (κ2) is 6.29. The lowest BCUT2D eigenvalue weighted by Crippen LogP contribution is -2.18. The quantitative estimate of drug-likeness (QED) is 0.715. The Hall–Kier alpha value is -1.52. The van der Waals surface area contributed by atoms with Crippen molar-refractivity contribution < 1.29 is 9.15 Å². The van der Waals surface area contributed by atoms with E-state index in [-0.39, 0.29) is 0 Å². The lowest BCUT2D eigenvalue weighted by Gasteiger charge is -2.14. The molecule has 3 rings (SSSR count). The van der Waals surface area contributed by atoms with Crippen LogP contribution in [0.4, 0.5) is 5.88 Å². The van der Waals surface area contributed by atoms with Crippen LogP contribution < -0.4 is 4.90 Å². The van der Waals surface area contributed by atoms with Crippen LogP contribution >= 0.6 is 11.3 Å². The molecule has 2 heterocycles. The number of furan rings is 1. The molecular formula is C16H19NO2S. The van der Waals surface area contributed by atoms with Crippen LogP contribution in [0, 0.1) is 0 Å². The highest BCUT2D eigenvalue weighted by Gasteiger charge is 2.27. The molecule has 1 fully saturated rings. The summed E-state index contributed by atoms with van der Waals surface area (Å²) in [6.07, 6.45) is 6.65. The maximum Gasteiger partial charge on any atom is 0.195 e. The summed E-state index contributed by atoms with van der Waals surface area (Å²) in [5.41, 5.74) is 1.23. The zero-order valence-corrected chi connectivity index (χ0v) is 12.4. The van der Waals surface area contributed by atoms with Crippen LogP contribution in [0.15, 0.2) is 39.5 Å². The normalized spacial score (nSPS) is 15.1. The van der Waals surface area contributed by atoms with Crippen molar-refractivity contribution in [3.05, 3.63) is 46.4 Å². The van der Waals surface area contributed by atoms with Crippen LogP contribution in [0.2, 0.25) is 0 Å². The monoisotopic (exact) mass is 289 g/mol. The van der Waals surface area contributed by atoms with Gasteiger partial charge in [0.25, 0.3) is 0 Å². The van der Waals surface area contributed by atoms with Gasteiger partial charge in [0.1, 0.15) is 12.4 Å². The second-order valence-corrected chi connectivity index (χ2v) is 5.84. The zero-order chi connectivity index (χ0) is 13.8. The van der Waals surface area contributed by atoms with Crippen molar-refractivity contribution in [1.82, 2.24) is 0 Å². The lowest BCUT2D eigenvalue weighted by atomic mass is 10.3. The summed E-state index contributed by atoms with van der Waals surface area (Å²) in [6, 6.07) is 6.78. The predicted octanol–water partition coefficient (Wildman–Crippen LogP) is 4.17. The van der Waals surface area contributed by atoms with Gasteiger partial charge in [-0.2, -0.15) is 11.3 Å². The van der Waals surface area contributed by atoms with Crippen LogP contribution in [-0.4, -0.2) is 19.7 Å². The summed E-state index contributed by atoms with van der Waals surface area (Å²) in [5.74, 6) is 1.83. The first kappa shape index (κ1) is 13.5. The van der Waals surface area contributed by atoms with Gasteiger partial charge in [-0.05, 0) is 41.3 Å². The Kier molecular flexibility index (Phi) is 4.23. The Balaban J connectivity index is 1.42. The van der Waals surface area contributed by atoms with Gasteiger partial charge >= 0.3 is 0 Å². The molecule has 0 radical (unpaired) electrons. The average molecular weight is 289 g/mol. The Bertz CT molecular complexity index is 555. The zero-order valence-electron chi connectivity index (χ0n) is 11.6. The number of hydrogen-bond donors (Lipinski definition) is 0. The standard InChI is InChI=1S/C16H19NO2S/c1-17(14-4-5-14)16-7-6-15(19-16)11-18-9-2-3-13-8-10-20-12-13/h2-3,6-8,10,12,14H,4-5,9,11H2,1H3/b3-2+. The number of ether oxygens (including phenoxy) is 1. The van der Waals surface area contributed by atoms with E-state index < -0.39 is 0 Å². The van der Waals surface area contributed by atoms with Gasteiger partial charge in [0.15, 0.2) is 5.88 Å². The molecule has 1 aliphatic rings. The van der Waals surface area contributed by atoms with E-state index in [0.717, 1.165) is 11.6 Å². The summed E-state index contributed by atoms with van der Waals surface area (Å²) in [6.45, 7) is 1.12. The van der Waals surface area contributed by atoms with Gasteiger partial charge in [0, 0.05) is 19.2 Å². The van der Waals surface area contributed by atoms with Gasteiger partial charge in [-0.25, -0.2) is 0 Å². The first-order chi connectivity index (χ1) is 9.83. The molecule has 0 unspecified atom stereocenters. The fourth-order valence-electron chi connectivity index (χ4n) is 2.06. The van der Waals surface area contributed by atoms with Crippen molar-refractivity contribution in [2.24, 2.45) is 0 Å². The number of anilines is 1. The third-order valence-corrected chi connectivity index (χ3v) is 4.10. The molecule has 0 N–H and O–H groups in total.